The summed E-state index contributed by atoms with van der Waals surface area (Å²) in [6, 6.07) is 4.33. The van der Waals surface area contributed by atoms with Gasteiger partial charge in [-0.2, -0.15) is 0 Å². The Morgan fingerprint density at radius 3 is 2.79 bits per heavy atom. The van der Waals surface area contributed by atoms with E-state index in [1.54, 1.807) is 6.07 Å². The van der Waals surface area contributed by atoms with E-state index in [0.717, 1.165) is 10.0 Å². The van der Waals surface area contributed by atoms with E-state index in [4.69, 9.17) is 15.6 Å². The predicted molar refractivity (Wildman–Crippen MR) is 72.8 cm³/mol. The quantitative estimate of drug-likeness (QED) is 0.718. The normalized spacial score (nSPS) is 11.7. The lowest BCUT2D eigenvalue weighted by Gasteiger charge is -2.12. The number of aliphatic carboxylic acids is 1. The maximum atomic E-state index is 11.6. The van der Waals surface area contributed by atoms with Crippen LogP contribution in [0.4, 0.5) is 0 Å². The zero-order chi connectivity index (χ0) is 14.4. The van der Waals surface area contributed by atoms with Crippen LogP contribution in [0.1, 0.15) is 12.0 Å². The smallest absolute Gasteiger partial charge is 0.305 e. The second-order valence-corrected chi connectivity index (χ2v) is 4.79. The van der Waals surface area contributed by atoms with E-state index in [0.29, 0.717) is 5.75 Å². The number of rotatable bonds is 6. The van der Waals surface area contributed by atoms with Crippen molar-refractivity contribution in [3.8, 4) is 5.75 Å². The zero-order valence-electron chi connectivity index (χ0n) is 10.4. The lowest BCUT2D eigenvalue weighted by atomic mass is 10.1. The minimum Gasteiger partial charge on any atom is -0.496 e. The van der Waals surface area contributed by atoms with Gasteiger partial charge in [-0.15, -0.1) is 0 Å². The minimum absolute atomic E-state index is 0.217. The number of carboxylic acid groups (broad SMARTS) is 1. The van der Waals surface area contributed by atoms with Crippen LogP contribution in [0.2, 0.25) is 0 Å². The van der Waals surface area contributed by atoms with E-state index < -0.39 is 24.3 Å². The second-order valence-electron chi connectivity index (χ2n) is 3.88. The van der Waals surface area contributed by atoms with Gasteiger partial charge in [0, 0.05) is 16.6 Å². The molecule has 0 spiro atoms. The van der Waals surface area contributed by atoms with Gasteiger partial charge in [0.25, 0.3) is 0 Å². The number of halogens is 1. The monoisotopic (exact) mass is 330 g/mol. The Balaban J connectivity index is 2.63. The fourth-order valence-corrected chi connectivity index (χ4v) is 1.89. The number of carboxylic acids is 1. The van der Waals surface area contributed by atoms with Crippen LogP contribution in [0.25, 0.3) is 0 Å². The molecule has 0 heterocycles. The molecule has 0 aliphatic heterocycles. The number of carbonyl (C=O) groups excluding carboxylic acids is 1. The first-order valence-corrected chi connectivity index (χ1v) is 6.31. The van der Waals surface area contributed by atoms with Gasteiger partial charge in [0.15, 0.2) is 0 Å². The lowest BCUT2D eigenvalue weighted by Crippen LogP contribution is -2.41. The number of methoxy groups -OCH3 is 1. The van der Waals surface area contributed by atoms with Crippen LogP contribution in [0.5, 0.6) is 5.75 Å². The van der Waals surface area contributed by atoms with Crippen molar-refractivity contribution in [3.05, 3.63) is 28.2 Å². The molecule has 1 atom stereocenters. The molecular formula is C12H15BrN2O4. The SMILES string of the molecule is COc1ccc(Br)cc1CNC(=O)C(N)CC(=O)O. The third kappa shape index (κ3) is 4.88. The standard InChI is InChI=1S/C12H15BrN2O4/c1-19-10-3-2-8(13)4-7(10)6-15-12(18)9(14)5-11(16)17/h2-4,9H,5-6,14H2,1H3,(H,15,18)(H,16,17). The summed E-state index contributed by atoms with van der Waals surface area (Å²) in [4.78, 5) is 22.0. The van der Waals surface area contributed by atoms with Crippen LogP contribution in [0.15, 0.2) is 22.7 Å². The second kappa shape index (κ2) is 7.10. The maximum Gasteiger partial charge on any atom is 0.305 e. The molecule has 0 saturated carbocycles. The first-order valence-electron chi connectivity index (χ1n) is 5.51. The molecule has 7 heteroatoms. The fraction of sp³-hybridized carbons (Fsp3) is 0.333. The van der Waals surface area contributed by atoms with Crippen LogP contribution < -0.4 is 15.8 Å². The van der Waals surface area contributed by atoms with Crippen molar-refractivity contribution in [3.63, 3.8) is 0 Å². The topological polar surface area (TPSA) is 102 Å². The third-order valence-corrected chi connectivity index (χ3v) is 2.92. The van der Waals surface area contributed by atoms with E-state index in [1.807, 2.05) is 12.1 Å². The van der Waals surface area contributed by atoms with E-state index in [2.05, 4.69) is 21.2 Å². The van der Waals surface area contributed by atoms with Gasteiger partial charge in [-0.05, 0) is 18.2 Å². The summed E-state index contributed by atoms with van der Waals surface area (Å²) in [5.41, 5.74) is 6.22. The molecule has 1 aromatic carbocycles. The van der Waals surface area contributed by atoms with Crippen molar-refractivity contribution in [2.24, 2.45) is 5.73 Å². The summed E-state index contributed by atoms with van der Waals surface area (Å²) in [5.74, 6) is -0.984. The molecular weight excluding hydrogens is 316 g/mol. The highest BCUT2D eigenvalue weighted by Gasteiger charge is 2.17. The number of benzene rings is 1. The van der Waals surface area contributed by atoms with E-state index in [-0.39, 0.29) is 6.54 Å². The molecule has 6 nitrogen and oxygen atoms in total. The number of hydrogen-bond donors (Lipinski definition) is 3. The molecule has 1 aromatic rings. The molecule has 0 aliphatic rings. The Hall–Kier alpha value is -1.60. The molecule has 19 heavy (non-hydrogen) atoms. The van der Waals surface area contributed by atoms with Crippen molar-refractivity contribution >= 4 is 27.8 Å². The highest BCUT2D eigenvalue weighted by Crippen LogP contribution is 2.22. The van der Waals surface area contributed by atoms with Crippen molar-refractivity contribution in [1.29, 1.82) is 0 Å². The summed E-state index contributed by atoms with van der Waals surface area (Å²) < 4.78 is 6.01. The van der Waals surface area contributed by atoms with Crippen LogP contribution in [0, 0.1) is 0 Å². The Kier molecular flexibility index (Phi) is 5.78. The zero-order valence-corrected chi connectivity index (χ0v) is 11.9. The van der Waals surface area contributed by atoms with Crippen LogP contribution >= 0.6 is 15.9 Å². The molecule has 1 rings (SSSR count). The van der Waals surface area contributed by atoms with Gasteiger partial charge in [0.05, 0.1) is 19.6 Å². The highest BCUT2D eigenvalue weighted by atomic mass is 79.9. The van der Waals surface area contributed by atoms with E-state index in [9.17, 15) is 9.59 Å². The van der Waals surface area contributed by atoms with Crippen molar-refractivity contribution in [2.45, 2.75) is 19.0 Å². The minimum atomic E-state index is -1.11. The van der Waals surface area contributed by atoms with Gasteiger partial charge in [0.2, 0.25) is 5.91 Å². The van der Waals surface area contributed by atoms with E-state index >= 15 is 0 Å². The number of amides is 1. The molecule has 0 saturated heterocycles. The largest absolute Gasteiger partial charge is 0.496 e. The van der Waals surface area contributed by atoms with Crippen molar-refractivity contribution < 1.29 is 19.4 Å². The lowest BCUT2D eigenvalue weighted by molar-refractivity contribution is -0.139. The summed E-state index contributed by atoms with van der Waals surface area (Å²) in [5, 5.41) is 11.1. The first-order chi connectivity index (χ1) is 8.93. The van der Waals surface area contributed by atoms with Gasteiger partial charge in [0.1, 0.15) is 5.75 Å². The Bertz CT molecular complexity index is 479. The van der Waals surface area contributed by atoms with Crippen LogP contribution in [-0.2, 0) is 16.1 Å². The molecule has 104 valence electrons. The van der Waals surface area contributed by atoms with Gasteiger partial charge in [-0.3, -0.25) is 9.59 Å². The molecule has 0 fully saturated rings. The Labute approximate surface area is 119 Å². The Morgan fingerprint density at radius 1 is 1.53 bits per heavy atom. The number of ether oxygens (including phenoxy) is 1. The Morgan fingerprint density at radius 2 is 2.21 bits per heavy atom. The number of nitrogens with one attached hydrogen (secondary N) is 1. The van der Waals surface area contributed by atoms with Gasteiger partial charge >= 0.3 is 5.97 Å². The van der Waals surface area contributed by atoms with Crippen LogP contribution in [0.3, 0.4) is 0 Å². The average Bonchev–Trinajstić information content (AvgIpc) is 2.35. The molecule has 0 aliphatic carbocycles. The van der Waals surface area contributed by atoms with Crippen molar-refractivity contribution in [1.82, 2.24) is 5.32 Å². The maximum absolute atomic E-state index is 11.6. The van der Waals surface area contributed by atoms with Gasteiger partial charge in [-0.1, -0.05) is 15.9 Å². The average molecular weight is 331 g/mol. The highest BCUT2D eigenvalue weighted by molar-refractivity contribution is 9.10. The van der Waals surface area contributed by atoms with Gasteiger partial charge in [-0.25, -0.2) is 0 Å². The summed E-state index contributed by atoms with van der Waals surface area (Å²) >= 11 is 3.32. The van der Waals surface area contributed by atoms with E-state index in [1.165, 1.54) is 7.11 Å². The molecule has 0 aromatic heterocycles. The van der Waals surface area contributed by atoms with Crippen molar-refractivity contribution in [2.75, 3.05) is 7.11 Å². The molecule has 4 N–H and O–H groups in total. The summed E-state index contributed by atoms with van der Waals surface area (Å²) in [6.45, 7) is 0.217. The predicted octanol–water partition coefficient (Wildman–Crippen LogP) is 0.876. The van der Waals surface area contributed by atoms with Gasteiger partial charge < -0.3 is 20.9 Å². The third-order valence-electron chi connectivity index (χ3n) is 2.43. The molecule has 0 radical (unpaired) electrons. The summed E-state index contributed by atoms with van der Waals surface area (Å²) in [6.07, 6.45) is -0.401. The molecule has 0 bridgehead atoms. The summed E-state index contributed by atoms with van der Waals surface area (Å²) in [7, 11) is 1.53. The number of hydrogen-bond acceptors (Lipinski definition) is 4. The fourth-order valence-electron chi connectivity index (χ4n) is 1.48. The number of carbonyl (C=O) groups is 2. The first kappa shape index (κ1) is 15.5. The van der Waals surface area contributed by atoms with Crippen LogP contribution in [-0.4, -0.2) is 30.1 Å². The molecule has 1 amide bonds. The number of nitrogens with two attached hydrogens (primary N) is 1. The molecule has 1 unspecified atom stereocenters.